The first-order valence-electron chi connectivity index (χ1n) is 7.82. The van der Waals surface area contributed by atoms with E-state index in [1.807, 2.05) is 6.07 Å². The number of hydrogen-bond acceptors (Lipinski definition) is 7. The van der Waals surface area contributed by atoms with Gasteiger partial charge in [-0.2, -0.15) is 5.26 Å². The predicted molar refractivity (Wildman–Crippen MR) is 86.4 cm³/mol. The van der Waals surface area contributed by atoms with Gasteiger partial charge in [-0.05, 0) is 25.1 Å². The molecule has 25 heavy (non-hydrogen) atoms. The van der Waals surface area contributed by atoms with Crippen LogP contribution in [0.2, 0.25) is 0 Å². The Balaban J connectivity index is 2.00. The molecule has 0 aromatic heterocycles. The highest BCUT2D eigenvalue weighted by molar-refractivity contribution is 5.90. The number of nitrogens with zero attached hydrogens (tertiary/aromatic N) is 2. The van der Waals surface area contributed by atoms with Gasteiger partial charge < -0.3 is 23.8 Å². The number of hydrogen-bond donors (Lipinski definition) is 0. The fraction of sp³-hybridized carbons (Fsp3) is 0.471. The maximum Gasteiger partial charge on any atom is 0.339 e. The Morgan fingerprint density at radius 1 is 1.32 bits per heavy atom. The van der Waals surface area contributed by atoms with Crippen LogP contribution in [0.3, 0.4) is 0 Å². The molecule has 0 N–H and O–H groups in total. The van der Waals surface area contributed by atoms with Gasteiger partial charge in [0.2, 0.25) is 0 Å². The van der Waals surface area contributed by atoms with E-state index >= 15 is 0 Å². The molecule has 8 nitrogen and oxygen atoms in total. The number of benzene rings is 1. The van der Waals surface area contributed by atoms with Crippen molar-refractivity contribution < 1.29 is 28.5 Å². The van der Waals surface area contributed by atoms with E-state index in [2.05, 4.69) is 0 Å². The monoisotopic (exact) mass is 348 g/mol. The van der Waals surface area contributed by atoms with Gasteiger partial charge in [-0.25, -0.2) is 4.79 Å². The van der Waals surface area contributed by atoms with Crippen molar-refractivity contribution in [1.82, 2.24) is 4.90 Å². The molecule has 1 fully saturated rings. The third-order valence-electron chi connectivity index (χ3n) is 3.58. The lowest BCUT2D eigenvalue weighted by atomic mass is 10.2. The molecule has 1 aromatic rings. The zero-order valence-electron chi connectivity index (χ0n) is 14.2. The zero-order chi connectivity index (χ0) is 18.2. The molecule has 1 aliphatic rings. The van der Waals surface area contributed by atoms with E-state index in [9.17, 15) is 9.59 Å². The van der Waals surface area contributed by atoms with Crippen LogP contribution < -0.4 is 9.47 Å². The minimum absolute atomic E-state index is 0.133. The van der Waals surface area contributed by atoms with Crippen molar-refractivity contribution in [1.29, 1.82) is 5.26 Å². The SMILES string of the molecule is COc1cc(C(=O)O[C@H](C)C#N)ccc1OCC(=O)N1CCOCC1. The third-order valence-corrected chi connectivity index (χ3v) is 3.58. The number of carbonyl (C=O) groups excluding carboxylic acids is 2. The number of carbonyl (C=O) groups is 2. The second-order valence-electron chi connectivity index (χ2n) is 5.32. The first-order valence-corrected chi connectivity index (χ1v) is 7.82. The summed E-state index contributed by atoms with van der Waals surface area (Å²) < 4.78 is 20.9. The highest BCUT2D eigenvalue weighted by Gasteiger charge is 2.19. The van der Waals surface area contributed by atoms with Crippen molar-refractivity contribution in [3.63, 3.8) is 0 Å². The van der Waals surface area contributed by atoms with E-state index in [0.29, 0.717) is 37.8 Å². The van der Waals surface area contributed by atoms with Crippen molar-refractivity contribution in [3.8, 4) is 17.6 Å². The Bertz CT molecular complexity index is 664. The molecule has 1 atom stereocenters. The van der Waals surface area contributed by atoms with Crippen molar-refractivity contribution >= 4 is 11.9 Å². The summed E-state index contributed by atoms with van der Waals surface area (Å²) in [5, 5.41) is 8.69. The largest absolute Gasteiger partial charge is 0.493 e. The van der Waals surface area contributed by atoms with E-state index in [4.69, 9.17) is 24.2 Å². The van der Waals surface area contributed by atoms with Crippen LogP contribution >= 0.6 is 0 Å². The fourth-order valence-corrected chi connectivity index (χ4v) is 2.21. The summed E-state index contributed by atoms with van der Waals surface area (Å²) in [5.74, 6) is -0.136. The number of rotatable bonds is 6. The summed E-state index contributed by atoms with van der Waals surface area (Å²) >= 11 is 0. The summed E-state index contributed by atoms with van der Waals surface area (Å²) in [5.41, 5.74) is 0.228. The summed E-state index contributed by atoms with van der Waals surface area (Å²) in [6.45, 7) is 3.47. The first-order chi connectivity index (χ1) is 12.0. The van der Waals surface area contributed by atoms with Crippen LogP contribution in [-0.2, 0) is 14.3 Å². The molecule has 1 saturated heterocycles. The van der Waals surface area contributed by atoms with Gasteiger partial charge in [0.25, 0.3) is 5.91 Å². The zero-order valence-corrected chi connectivity index (χ0v) is 14.2. The molecule has 0 unspecified atom stereocenters. The highest BCUT2D eigenvalue weighted by Crippen LogP contribution is 2.28. The van der Waals surface area contributed by atoms with Crippen molar-refractivity contribution in [3.05, 3.63) is 23.8 Å². The fourth-order valence-electron chi connectivity index (χ4n) is 2.21. The maximum absolute atomic E-state index is 12.1. The first kappa shape index (κ1) is 18.5. The predicted octanol–water partition coefficient (Wildman–Crippen LogP) is 1.00. The molecular weight excluding hydrogens is 328 g/mol. The summed E-state index contributed by atoms with van der Waals surface area (Å²) in [6, 6.07) is 6.28. The molecule has 0 spiro atoms. The summed E-state index contributed by atoms with van der Waals surface area (Å²) in [4.78, 5) is 25.7. The van der Waals surface area contributed by atoms with Gasteiger partial charge in [-0.3, -0.25) is 4.79 Å². The van der Waals surface area contributed by atoms with E-state index in [1.54, 1.807) is 4.90 Å². The van der Waals surface area contributed by atoms with Gasteiger partial charge in [-0.1, -0.05) is 0 Å². The Morgan fingerprint density at radius 2 is 2.04 bits per heavy atom. The van der Waals surface area contributed by atoms with E-state index < -0.39 is 12.1 Å². The number of nitriles is 1. The molecule has 0 aliphatic carbocycles. The van der Waals surface area contributed by atoms with Crippen LogP contribution in [0.15, 0.2) is 18.2 Å². The molecule has 0 bridgehead atoms. The molecule has 134 valence electrons. The van der Waals surface area contributed by atoms with Crippen LogP contribution in [0.1, 0.15) is 17.3 Å². The minimum Gasteiger partial charge on any atom is -0.493 e. The Hall–Kier alpha value is -2.79. The molecule has 2 rings (SSSR count). The quantitative estimate of drug-likeness (QED) is 0.707. The molecule has 8 heteroatoms. The lowest BCUT2D eigenvalue weighted by Gasteiger charge is -2.26. The Morgan fingerprint density at radius 3 is 2.68 bits per heavy atom. The normalized spacial score (nSPS) is 15.0. The molecular formula is C17H20N2O6. The number of ether oxygens (including phenoxy) is 4. The van der Waals surface area contributed by atoms with Crippen LogP contribution in [0, 0.1) is 11.3 Å². The number of amides is 1. The molecule has 0 radical (unpaired) electrons. The second kappa shape index (κ2) is 8.89. The number of esters is 1. The second-order valence-corrected chi connectivity index (χ2v) is 5.32. The molecule has 1 aromatic carbocycles. The van der Waals surface area contributed by atoms with Gasteiger partial charge >= 0.3 is 5.97 Å². The van der Waals surface area contributed by atoms with Crippen LogP contribution in [0.5, 0.6) is 11.5 Å². The lowest BCUT2D eigenvalue weighted by Crippen LogP contribution is -2.43. The van der Waals surface area contributed by atoms with Gasteiger partial charge in [0.1, 0.15) is 6.07 Å². The van der Waals surface area contributed by atoms with Crippen LogP contribution in [-0.4, -0.2) is 62.9 Å². The average Bonchev–Trinajstić information content (AvgIpc) is 2.66. The third kappa shape index (κ3) is 5.09. The van der Waals surface area contributed by atoms with Gasteiger partial charge in [-0.15, -0.1) is 0 Å². The van der Waals surface area contributed by atoms with Crippen molar-refractivity contribution in [2.75, 3.05) is 40.0 Å². The average molecular weight is 348 g/mol. The molecule has 1 heterocycles. The number of morpholine rings is 1. The molecule has 1 amide bonds. The van der Waals surface area contributed by atoms with Gasteiger partial charge in [0.15, 0.2) is 24.2 Å². The van der Waals surface area contributed by atoms with E-state index in [1.165, 1.54) is 32.2 Å². The van der Waals surface area contributed by atoms with Gasteiger partial charge in [0.05, 0.1) is 25.9 Å². The highest BCUT2D eigenvalue weighted by atomic mass is 16.5. The van der Waals surface area contributed by atoms with Crippen LogP contribution in [0.25, 0.3) is 0 Å². The minimum atomic E-state index is -0.847. The van der Waals surface area contributed by atoms with Crippen LogP contribution in [0.4, 0.5) is 0 Å². The topological polar surface area (TPSA) is 98.1 Å². The lowest BCUT2D eigenvalue weighted by molar-refractivity contribution is -0.137. The van der Waals surface area contributed by atoms with E-state index in [-0.39, 0.29) is 18.1 Å². The maximum atomic E-state index is 12.1. The molecule has 1 aliphatic heterocycles. The number of methoxy groups -OCH3 is 1. The standard InChI is InChI=1S/C17H20N2O6/c1-12(10-18)25-17(21)13-3-4-14(15(9-13)22-2)24-11-16(20)19-5-7-23-8-6-19/h3-4,9,12H,5-8,11H2,1-2H3/t12-/m1/s1. The van der Waals surface area contributed by atoms with E-state index in [0.717, 1.165) is 0 Å². The summed E-state index contributed by atoms with van der Waals surface area (Å²) in [6.07, 6.45) is -0.847. The molecule has 0 saturated carbocycles. The van der Waals surface area contributed by atoms with Crippen molar-refractivity contribution in [2.24, 2.45) is 0 Å². The Kier molecular flexibility index (Phi) is 6.60. The Labute approximate surface area is 145 Å². The van der Waals surface area contributed by atoms with Crippen molar-refractivity contribution in [2.45, 2.75) is 13.0 Å². The van der Waals surface area contributed by atoms with Gasteiger partial charge in [0, 0.05) is 13.1 Å². The smallest absolute Gasteiger partial charge is 0.339 e. The summed E-state index contributed by atoms with van der Waals surface area (Å²) in [7, 11) is 1.43.